The van der Waals surface area contributed by atoms with Gasteiger partial charge in [-0.05, 0) is 12.8 Å². The highest BCUT2D eigenvalue weighted by molar-refractivity contribution is 5.81. The number of carboxylic acid groups (broad SMARTS) is 1. The zero-order valence-corrected chi connectivity index (χ0v) is 9.82. The van der Waals surface area contributed by atoms with Crippen molar-refractivity contribution < 1.29 is 19.4 Å². The fourth-order valence-corrected chi connectivity index (χ4v) is 1.58. The first kappa shape index (κ1) is 13.9. The molecular weight excluding hydrogens is 196 g/mol. The van der Waals surface area contributed by atoms with Gasteiger partial charge in [-0.1, -0.05) is 27.2 Å². The fraction of sp³-hybridized carbons (Fsp3) is 0.818. The lowest BCUT2D eigenvalue weighted by Crippen LogP contribution is -2.34. The van der Waals surface area contributed by atoms with E-state index in [1.54, 1.807) is 13.8 Å². The Morgan fingerprint density at radius 3 is 2.13 bits per heavy atom. The molecule has 0 aromatic carbocycles. The summed E-state index contributed by atoms with van der Waals surface area (Å²) in [6.07, 6.45) is 0.765. The highest BCUT2D eigenvalue weighted by Crippen LogP contribution is 2.25. The molecule has 0 rings (SSSR count). The van der Waals surface area contributed by atoms with Crippen LogP contribution in [0.25, 0.3) is 0 Å². The Bertz CT molecular complexity index is 225. The van der Waals surface area contributed by atoms with Gasteiger partial charge in [-0.25, -0.2) is 0 Å². The van der Waals surface area contributed by atoms with Gasteiger partial charge in [-0.3, -0.25) is 9.59 Å². The van der Waals surface area contributed by atoms with E-state index < -0.39 is 23.8 Å². The summed E-state index contributed by atoms with van der Waals surface area (Å²) in [7, 11) is 0. The molecule has 88 valence electrons. The molecule has 4 nitrogen and oxygen atoms in total. The van der Waals surface area contributed by atoms with Crippen molar-refractivity contribution in [2.75, 3.05) is 6.61 Å². The number of rotatable bonds is 6. The van der Waals surface area contributed by atoms with E-state index in [2.05, 4.69) is 0 Å². The number of ether oxygens (including phenoxy) is 1. The first-order valence-electron chi connectivity index (χ1n) is 5.35. The lowest BCUT2D eigenvalue weighted by Gasteiger charge is -2.24. The standard InChI is InChI=1S/C11H20O4/c1-5-7(3)9(8(4)10(12)13)11(14)15-6-2/h7-9H,5-6H2,1-4H3,(H,12,13). The smallest absolute Gasteiger partial charge is 0.310 e. The maximum Gasteiger partial charge on any atom is 0.310 e. The van der Waals surface area contributed by atoms with Crippen molar-refractivity contribution in [2.24, 2.45) is 17.8 Å². The van der Waals surface area contributed by atoms with Crippen molar-refractivity contribution in [1.29, 1.82) is 0 Å². The Morgan fingerprint density at radius 2 is 1.80 bits per heavy atom. The number of hydrogen-bond donors (Lipinski definition) is 1. The summed E-state index contributed by atoms with van der Waals surface area (Å²) in [5.74, 6) is -2.57. The molecule has 0 aromatic heterocycles. The fourth-order valence-electron chi connectivity index (χ4n) is 1.58. The summed E-state index contributed by atoms with van der Waals surface area (Å²) in [5, 5.41) is 8.91. The van der Waals surface area contributed by atoms with Crippen LogP contribution < -0.4 is 0 Å². The molecule has 0 aliphatic heterocycles. The van der Waals surface area contributed by atoms with Crippen LogP contribution in [-0.2, 0) is 14.3 Å². The van der Waals surface area contributed by atoms with Crippen LogP contribution in [0.4, 0.5) is 0 Å². The predicted molar refractivity (Wildman–Crippen MR) is 56.4 cm³/mol. The van der Waals surface area contributed by atoms with Gasteiger partial charge in [0, 0.05) is 0 Å². The second-order valence-corrected chi connectivity index (χ2v) is 3.79. The van der Waals surface area contributed by atoms with Gasteiger partial charge < -0.3 is 9.84 Å². The van der Waals surface area contributed by atoms with E-state index in [1.807, 2.05) is 13.8 Å². The van der Waals surface area contributed by atoms with Crippen molar-refractivity contribution in [1.82, 2.24) is 0 Å². The second-order valence-electron chi connectivity index (χ2n) is 3.79. The minimum Gasteiger partial charge on any atom is -0.481 e. The molecular formula is C11H20O4. The molecule has 3 unspecified atom stereocenters. The molecule has 0 bridgehead atoms. The molecule has 0 aliphatic rings. The number of carbonyl (C=O) groups excluding carboxylic acids is 1. The normalized spacial score (nSPS) is 16.5. The molecule has 0 saturated carbocycles. The maximum atomic E-state index is 11.6. The van der Waals surface area contributed by atoms with Crippen molar-refractivity contribution in [3.8, 4) is 0 Å². The summed E-state index contributed by atoms with van der Waals surface area (Å²) in [5.41, 5.74) is 0. The van der Waals surface area contributed by atoms with E-state index in [9.17, 15) is 9.59 Å². The molecule has 0 spiro atoms. The van der Waals surface area contributed by atoms with Gasteiger partial charge in [0.15, 0.2) is 0 Å². The third-order valence-corrected chi connectivity index (χ3v) is 2.74. The maximum absolute atomic E-state index is 11.6. The Hall–Kier alpha value is -1.06. The molecule has 0 radical (unpaired) electrons. The summed E-state index contributed by atoms with van der Waals surface area (Å²) in [6, 6.07) is 0. The lowest BCUT2D eigenvalue weighted by molar-refractivity contribution is -0.159. The molecule has 3 atom stereocenters. The van der Waals surface area contributed by atoms with Crippen molar-refractivity contribution in [3.63, 3.8) is 0 Å². The van der Waals surface area contributed by atoms with Gasteiger partial charge in [0.25, 0.3) is 0 Å². The Labute approximate surface area is 90.6 Å². The van der Waals surface area contributed by atoms with Crippen molar-refractivity contribution >= 4 is 11.9 Å². The summed E-state index contributed by atoms with van der Waals surface area (Å²) < 4.78 is 4.90. The molecule has 4 heteroatoms. The van der Waals surface area contributed by atoms with Crippen LogP contribution in [0.15, 0.2) is 0 Å². The van der Waals surface area contributed by atoms with E-state index in [4.69, 9.17) is 9.84 Å². The topological polar surface area (TPSA) is 63.6 Å². The van der Waals surface area contributed by atoms with Crippen LogP contribution >= 0.6 is 0 Å². The van der Waals surface area contributed by atoms with Crippen LogP contribution in [0.5, 0.6) is 0 Å². The number of esters is 1. The van der Waals surface area contributed by atoms with Gasteiger partial charge in [-0.15, -0.1) is 0 Å². The van der Waals surface area contributed by atoms with Crippen molar-refractivity contribution in [3.05, 3.63) is 0 Å². The number of aliphatic carboxylic acids is 1. The second kappa shape index (κ2) is 6.43. The van der Waals surface area contributed by atoms with Crippen LogP contribution in [0.1, 0.15) is 34.1 Å². The summed E-state index contributed by atoms with van der Waals surface area (Å²) in [4.78, 5) is 22.5. The van der Waals surface area contributed by atoms with E-state index in [0.29, 0.717) is 0 Å². The third kappa shape index (κ3) is 3.90. The van der Waals surface area contributed by atoms with Gasteiger partial charge in [-0.2, -0.15) is 0 Å². The van der Waals surface area contributed by atoms with Gasteiger partial charge >= 0.3 is 11.9 Å². The largest absolute Gasteiger partial charge is 0.481 e. The zero-order chi connectivity index (χ0) is 12.0. The average molecular weight is 216 g/mol. The number of carboxylic acids is 1. The average Bonchev–Trinajstić information content (AvgIpc) is 2.17. The first-order valence-corrected chi connectivity index (χ1v) is 5.35. The molecule has 0 amide bonds. The van der Waals surface area contributed by atoms with Crippen LogP contribution in [0.3, 0.4) is 0 Å². The van der Waals surface area contributed by atoms with Gasteiger partial charge in [0.1, 0.15) is 0 Å². The summed E-state index contributed by atoms with van der Waals surface area (Å²) in [6.45, 7) is 7.37. The molecule has 0 heterocycles. The van der Waals surface area contributed by atoms with Gasteiger partial charge in [0.2, 0.25) is 0 Å². The first-order chi connectivity index (χ1) is 6.95. The Kier molecular flexibility index (Phi) is 5.97. The molecule has 0 aromatic rings. The highest BCUT2D eigenvalue weighted by atomic mass is 16.5. The lowest BCUT2D eigenvalue weighted by atomic mass is 9.82. The SMILES string of the molecule is CCOC(=O)C(C(C)CC)C(C)C(=O)O. The monoisotopic (exact) mass is 216 g/mol. The Morgan fingerprint density at radius 1 is 1.27 bits per heavy atom. The highest BCUT2D eigenvalue weighted by Gasteiger charge is 2.34. The van der Waals surface area contributed by atoms with E-state index in [-0.39, 0.29) is 12.5 Å². The van der Waals surface area contributed by atoms with Crippen LogP contribution in [-0.4, -0.2) is 23.7 Å². The predicted octanol–water partition coefficient (Wildman–Crippen LogP) is 1.93. The van der Waals surface area contributed by atoms with E-state index in [0.717, 1.165) is 6.42 Å². The van der Waals surface area contributed by atoms with Crippen molar-refractivity contribution in [2.45, 2.75) is 34.1 Å². The molecule has 0 saturated heterocycles. The van der Waals surface area contributed by atoms with Gasteiger partial charge in [0.05, 0.1) is 18.4 Å². The minimum absolute atomic E-state index is 0.0233. The molecule has 0 fully saturated rings. The zero-order valence-electron chi connectivity index (χ0n) is 9.82. The summed E-state index contributed by atoms with van der Waals surface area (Å²) >= 11 is 0. The minimum atomic E-state index is -0.951. The Balaban J connectivity index is 4.71. The third-order valence-electron chi connectivity index (χ3n) is 2.74. The van der Waals surface area contributed by atoms with E-state index in [1.165, 1.54) is 0 Å². The van der Waals surface area contributed by atoms with Crippen LogP contribution in [0, 0.1) is 17.8 Å². The molecule has 15 heavy (non-hydrogen) atoms. The number of hydrogen-bond acceptors (Lipinski definition) is 3. The molecule has 0 aliphatic carbocycles. The molecule has 1 N–H and O–H groups in total. The number of carbonyl (C=O) groups is 2. The quantitative estimate of drug-likeness (QED) is 0.689. The van der Waals surface area contributed by atoms with E-state index >= 15 is 0 Å². The van der Waals surface area contributed by atoms with Crippen LogP contribution in [0.2, 0.25) is 0 Å².